The summed E-state index contributed by atoms with van der Waals surface area (Å²) in [6.07, 6.45) is 3.12. The number of nitrogens with zero attached hydrogens (tertiary/aromatic N) is 5. The van der Waals surface area contributed by atoms with Crippen molar-refractivity contribution in [3.63, 3.8) is 0 Å². The van der Waals surface area contributed by atoms with Gasteiger partial charge in [0.2, 0.25) is 10.0 Å². The number of aryl methyl sites for hydroxylation is 1. The number of sulfonamides is 1. The van der Waals surface area contributed by atoms with Crippen molar-refractivity contribution in [2.75, 3.05) is 44.2 Å². The van der Waals surface area contributed by atoms with E-state index in [-0.39, 0.29) is 10.8 Å². The van der Waals surface area contributed by atoms with E-state index in [9.17, 15) is 13.2 Å². The summed E-state index contributed by atoms with van der Waals surface area (Å²) >= 11 is 5.89. The van der Waals surface area contributed by atoms with Gasteiger partial charge in [-0.25, -0.2) is 13.4 Å². The molecule has 158 valence electrons. The summed E-state index contributed by atoms with van der Waals surface area (Å²) in [5, 5.41) is 0.585. The third-order valence-corrected chi connectivity index (χ3v) is 7.38. The van der Waals surface area contributed by atoms with Crippen LogP contribution in [0.15, 0.2) is 35.5 Å². The van der Waals surface area contributed by atoms with Gasteiger partial charge >= 0.3 is 0 Å². The van der Waals surface area contributed by atoms with Crippen molar-refractivity contribution in [1.82, 2.24) is 18.8 Å². The van der Waals surface area contributed by atoms with Crippen LogP contribution in [-0.4, -0.2) is 72.3 Å². The molecule has 1 fully saturated rings. The molecule has 0 bridgehead atoms. The second-order valence-corrected chi connectivity index (χ2v) is 9.25. The Morgan fingerprint density at radius 1 is 1.17 bits per heavy atom. The molecule has 2 aromatic heterocycles. The van der Waals surface area contributed by atoms with Gasteiger partial charge in [-0.3, -0.25) is 4.79 Å². The molecule has 29 heavy (non-hydrogen) atoms. The van der Waals surface area contributed by atoms with Crippen molar-refractivity contribution < 1.29 is 13.2 Å². The number of amides is 1. The van der Waals surface area contributed by atoms with E-state index in [0.717, 1.165) is 5.82 Å². The maximum absolute atomic E-state index is 13.0. The molecule has 0 spiro atoms. The average Bonchev–Trinajstić information content (AvgIpc) is 3.11. The van der Waals surface area contributed by atoms with Gasteiger partial charge in [-0.1, -0.05) is 25.4 Å². The number of rotatable bonds is 6. The monoisotopic (exact) mass is 439 g/mol. The quantitative estimate of drug-likeness (QED) is 0.688. The highest BCUT2D eigenvalue weighted by molar-refractivity contribution is 7.89. The first-order chi connectivity index (χ1) is 13.8. The van der Waals surface area contributed by atoms with Crippen LogP contribution in [0.2, 0.25) is 5.02 Å². The van der Waals surface area contributed by atoms with Crippen LogP contribution in [0.25, 0.3) is 0 Å². The fourth-order valence-corrected chi connectivity index (χ4v) is 5.10. The molecule has 0 radical (unpaired) electrons. The van der Waals surface area contributed by atoms with Crippen molar-refractivity contribution in [1.29, 1.82) is 0 Å². The van der Waals surface area contributed by atoms with Gasteiger partial charge in [-0.05, 0) is 18.2 Å². The first-order valence-electron chi connectivity index (χ1n) is 9.60. The Kier molecular flexibility index (Phi) is 6.50. The van der Waals surface area contributed by atoms with Crippen molar-refractivity contribution in [3.8, 4) is 0 Å². The Balaban J connectivity index is 1.72. The van der Waals surface area contributed by atoms with Crippen molar-refractivity contribution >= 4 is 33.3 Å². The number of hydrogen-bond donors (Lipinski definition) is 0. The van der Waals surface area contributed by atoms with Crippen LogP contribution in [0.3, 0.4) is 0 Å². The van der Waals surface area contributed by atoms with E-state index in [1.807, 2.05) is 6.07 Å². The molecule has 3 heterocycles. The highest BCUT2D eigenvalue weighted by atomic mass is 35.5. The summed E-state index contributed by atoms with van der Waals surface area (Å²) in [6, 6.07) is 5.13. The molecule has 1 saturated heterocycles. The number of piperazine rings is 1. The maximum Gasteiger partial charge on any atom is 0.270 e. The molecule has 0 aromatic carbocycles. The van der Waals surface area contributed by atoms with Gasteiger partial charge in [0.25, 0.3) is 5.91 Å². The van der Waals surface area contributed by atoms with E-state index >= 15 is 0 Å². The molecule has 2 aromatic rings. The third-order valence-electron chi connectivity index (χ3n) is 5.14. The molecule has 0 unspecified atom stereocenters. The van der Waals surface area contributed by atoms with Crippen molar-refractivity contribution in [2.45, 2.75) is 18.7 Å². The van der Waals surface area contributed by atoms with E-state index < -0.39 is 10.0 Å². The van der Waals surface area contributed by atoms with Gasteiger partial charge in [-0.2, -0.15) is 4.31 Å². The topological polar surface area (TPSA) is 78.8 Å². The average molecular weight is 440 g/mol. The Hall–Kier alpha value is -2.10. The second kappa shape index (κ2) is 8.73. The molecule has 1 amide bonds. The van der Waals surface area contributed by atoms with Crippen LogP contribution < -0.4 is 4.90 Å². The number of anilines is 1. The van der Waals surface area contributed by atoms with E-state index in [1.54, 1.807) is 42.6 Å². The summed E-state index contributed by atoms with van der Waals surface area (Å²) < 4.78 is 28.5. The van der Waals surface area contributed by atoms with Gasteiger partial charge < -0.3 is 14.4 Å². The SMILES string of the molecule is CCN(CC)S(=O)(=O)c1cc(C(=O)N2CCN(c3ccc(Cl)cn3)CC2)n(C)c1. The zero-order valence-corrected chi connectivity index (χ0v) is 18.4. The first kappa shape index (κ1) is 21.6. The summed E-state index contributed by atoms with van der Waals surface area (Å²) in [6.45, 7) is 6.73. The summed E-state index contributed by atoms with van der Waals surface area (Å²) in [7, 11) is -1.90. The Morgan fingerprint density at radius 2 is 1.83 bits per heavy atom. The normalized spacial score (nSPS) is 15.2. The van der Waals surface area contributed by atoms with Gasteiger partial charge in [0.1, 0.15) is 16.4 Å². The fraction of sp³-hybridized carbons (Fsp3) is 0.474. The van der Waals surface area contributed by atoms with Crippen LogP contribution >= 0.6 is 11.6 Å². The van der Waals surface area contributed by atoms with Gasteiger partial charge in [0.05, 0.1) is 5.02 Å². The van der Waals surface area contributed by atoms with Crippen LogP contribution in [0, 0.1) is 0 Å². The molecule has 1 aliphatic heterocycles. The molecular formula is C19H26ClN5O3S. The molecule has 0 aliphatic carbocycles. The lowest BCUT2D eigenvalue weighted by atomic mass is 10.2. The molecule has 3 rings (SSSR count). The van der Waals surface area contributed by atoms with E-state index in [1.165, 1.54) is 16.6 Å². The number of carbonyl (C=O) groups is 1. The molecule has 0 atom stereocenters. The highest BCUT2D eigenvalue weighted by Crippen LogP contribution is 2.21. The van der Waals surface area contributed by atoms with E-state index in [0.29, 0.717) is 50.0 Å². The van der Waals surface area contributed by atoms with Crippen molar-refractivity contribution in [3.05, 3.63) is 41.3 Å². The smallest absolute Gasteiger partial charge is 0.270 e. The van der Waals surface area contributed by atoms with Crippen LogP contribution in [0.5, 0.6) is 0 Å². The lowest BCUT2D eigenvalue weighted by Crippen LogP contribution is -2.49. The minimum absolute atomic E-state index is 0.149. The maximum atomic E-state index is 13.0. The predicted molar refractivity (Wildman–Crippen MR) is 113 cm³/mol. The van der Waals surface area contributed by atoms with Crippen LogP contribution in [0.1, 0.15) is 24.3 Å². The number of aromatic nitrogens is 2. The number of hydrogen-bond acceptors (Lipinski definition) is 5. The zero-order chi connectivity index (χ0) is 21.2. The third kappa shape index (κ3) is 4.41. The van der Waals surface area contributed by atoms with Crippen molar-refractivity contribution in [2.24, 2.45) is 7.05 Å². The first-order valence-corrected chi connectivity index (χ1v) is 11.4. The van der Waals surface area contributed by atoms with Crippen LogP contribution in [-0.2, 0) is 17.1 Å². The Bertz CT molecular complexity index is 962. The molecule has 1 aliphatic rings. The standard InChI is InChI=1S/C19H26ClN5O3S/c1-4-25(5-2)29(27,28)16-12-17(22(3)14-16)19(26)24-10-8-23(9-11-24)18-7-6-15(20)13-21-18/h6-7,12-14H,4-5,8-11H2,1-3H3. The van der Waals surface area contributed by atoms with E-state index in [4.69, 9.17) is 11.6 Å². The number of carbonyl (C=O) groups excluding carboxylic acids is 1. The number of halogens is 1. The van der Waals surface area contributed by atoms with Gasteiger partial charge in [0.15, 0.2) is 0 Å². The number of pyridine rings is 1. The lowest BCUT2D eigenvalue weighted by Gasteiger charge is -2.35. The summed E-state index contributed by atoms with van der Waals surface area (Å²) in [4.78, 5) is 21.3. The summed E-state index contributed by atoms with van der Waals surface area (Å²) in [5.41, 5.74) is 0.369. The molecule has 10 heteroatoms. The minimum atomic E-state index is -3.60. The predicted octanol–water partition coefficient (Wildman–Crippen LogP) is 2.07. The molecule has 0 N–H and O–H groups in total. The highest BCUT2D eigenvalue weighted by Gasteiger charge is 2.28. The second-order valence-electron chi connectivity index (χ2n) is 6.88. The van der Waals surface area contributed by atoms with Gasteiger partial charge in [-0.15, -0.1) is 0 Å². The zero-order valence-electron chi connectivity index (χ0n) is 16.9. The van der Waals surface area contributed by atoms with Crippen LogP contribution in [0.4, 0.5) is 5.82 Å². The fourth-order valence-electron chi connectivity index (χ4n) is 3.46. The molecular weight excluding hydrogens is 414 g/mol. The summed E-state index contributed by atoms with van der Waals surface area (Å²) in [5.74, 6) is 0.658. The largest absolute Gasteiger partial charge is 0.353 e. The van der Waals surface area contributed by atoms with E-state index in [2.05, 4.69) is 9.88 Å². The van der Waals surface area contributed by atoms with Gasteiger partial charge in [0, 0.05) is 58.7 Å². The molecule has 8 nitrogen and oxygen atoms in total. The molecule has 0 saturated carbocycles. The Morgan fingerprint density at radius 3 is 2.38 bits per heavy atom. The Labute approximate surface area is 176 Å². The minimum Gasteiger partial charge on any atom is -0.353 e. The lowest BCUT2D eigenvalue weighted by molar-refractivity contribution is 0.0737.